The van der Waals surface area contributed by atoms with Crippen LogP contribution in [0.25, 0.3) is 0 Å². The first kappa shape index (κ1) is 10.2. The second-order valence-corrected chi connectivity index (χ2v) is 3.21. The van der Waals surface area contributed by atoms with Crippen LogP contribution in [0, 0.1) is 0 Å². The van der Waals surface area contributed by atoms with E-state index in [0.717, 1.165) is 0 Å². The highest BCUT2D eigenvalue weighted by Gasteiger charge is 2.10. The van der Waals surface area contributed by atoms with Gasteiger partial charge in [0.15, 0.2) is 0 Å². The summed E-state index contributed by atoms with van der Waals surface area (Å²) in [4.78, 5) is 10.8. The van der Waals surface area contributed by atoms with Gasteiger partial charge >= 0.3 is 0 Å². The minimum absolute atomic E-state index is 0.0916. The van der Waals surface area contributed by atoms with E-state index >= 15 is 0 Å². The number of nitrogens with two attached hydrogens (primary N) is 1. The van der Waals surface area contributed by atoms with Crippen LogP contribution in [-0.4, -0.2) is 18.0 Å². The van der Waals surface area contributed by atoms with Crippen molar-refractivity contribution in [3.8, 4) is 0 Å². The summed E-state index contributed by atoms with van der Waals surface area (Å²) in [6.07, 6.45) is 3.17. The number of amides is 1. The average molecular weight is 156 g/mol. The van der Waals surface area contributed by atoms with Gasteiger partial charge < -0.3 is 11.1 Å². The third-order valence-corrected chi connectivity index (χ3v) is 1.04. The van der Waals surface area contributed by atoms with Gasteiger partial charge in [0.1, 0.15) is 0 Å². The minimum atomic E-state index is -0.336. The van der Waals surface area contributed by atoms with Gasteiger partial charge in [-0.1, -0.05) is 6.08 Å². The number of carbonyl (C=O) groups excluding carboxylic acids is 1. The van der Waals surface area contributed by atoms with Gasteiger partial charge in [0.05, 0.1) is 0 Å². The van der Waals surface area contributed by atoms with Crippen LogP contribution >= 0.6 is 0 Å². The molecule has 0 aromatic heterocycles. The first-order valence-electron chi connectivity index (χ1n) is 3.65. The molecule has 0 aromatic carbocycles. The molecule has 3 heteroatoms. The highest BCUT2D eigenvalue weighted by atomic mass is 16.1. The number of nitrogens with one attached hydrogen (secondary N) is 1. The van der Waals surface area contributed by atoms with E-state index in [2.05, 4.69) is 5.32 Å². The van der Waals surface area contributed by atoms with Crippen LogP contribution in [0.4, 0.5) is 0 Å². The highest BCUT2D eigenvalue weighted by Crippen LogP contribution is 1.92. The van der Waals surface area contributed by atoms with E-state index < -0.39 is 0 Å². The maximum absolute atomic E-state index is 10.8. The summed E-state index contributed by atoms with van der Waals surface area (Å²) in [6, 6.07) is 0. The molecule has 0 heterocycles. The van der Waals surface area contributed by atoms with E-state index in [1.807, 2.05) is 13.8 Å². The van der Waals surface area contributed by atoms with Crippen LogP contribution in [0.2, 0.25) is 0 Å². The fraction of sp³-hybridized carbons (Fsp3) is 0.625. The van der Waals surface area contributed by atoms with E-state index in [1.54, 1.807) is 13.0 Å². The molecule has 1 amide bonds. The zero-order chi connectivity index (χ0) is 8.91. The van der Waals surface area contributed by atoms with Crippen LogP contribution in [-0.2, 0) is 4.79 Å². The minimum Gasteiger partial charge on any atom is -0.351 e. The van der Waals surface area contributed by atoms with Gasteiger partial charge in [-0.05, 0) is 26.8 Å². The molecule has 0 saturated heterocycles. The van der Waals surface area contributed by atoms with E-state index in [4.69, 9.17) is 5.73 Å². The van der Waals surface area contributed by atoms with Gasteiger partial charge in [-0.25, -0.2) is 0 Å². The fourth-order valence-electron chi connectivity index (χ4n) is 0.525. The molecule has 64 valence electrons. The molecule has 0 aliphatic heterocycles. The van der Waals surface area contributed by atoms with Gasteiger partial charge in [0.2, 0.25) is 5.91 Å². The molecule has 0 aliphatic carbocycles. The molecule has 0 unspecified atom stereocenters. The molecule has 0 atom stereocenters. The zero-order valence-corrected chi connectivity index (χ0v) is 7.35. The number of allylic oxidation sites excluding steroid dienone is 1. The predicted molar refractivity (Wildman–Crippen MR) is 46.1 cm³/mol. The lowest BCUT2D eigenvalue weighted by atomic mass is 10.1. The molecule has 0 aliphatic rings. The molecule has 0 spiro atoms. The normalized spacial score (nSPS) is 12.0. The molecule has 0 fully saturated rings. The lowest BCUT2D eigenvalue weighted by molar-refractivity contribution is -0.116. The highest BCUT2D eigenvalue weighted by molar-refractivity contribution is 5.87. The van der Waals surface area contributed by atoms with Crippen molar-refractivity contribution in [3.63, 3.8) is 0 Å². The standard InChI is InChI=1S/C8H16N2O/c1-4-5-7(11)10-6-8(2,3)9/h4-5H,6,9H2,1-3H3,(H,10,11)/b5-4+. The molecule has 0 bridgehead atoms. The van der Waals surface area contributed by atoms with Crippen LogP contribution < -0.4 is 11.1 Å². The molecular formula is C8H16N2O. The topological polar surface area (TPSA) is 55.1 Å². The van der Waals surface area contributed by atoms with Crippen molar-refractivity contribution >= 4 is 5.91 Å². The van der Waals surface area contributed by atoms with E-state index in [9.17, 15) is 4.79 Å². The summed E-state index contributed by atoms with van der Waals surface area (Å²) in [6.45, 7) is 6.02. The van der Waals surface area contributed by atoms with E-state index in [0.29, 0.717) is 6.54 Å². The second-order valence-electron chi connectivity index (χ2n) is 3.21. The molecule has 3 N–H and O–H groups in total. The van der Waals surface area contributed by atoms with Crippen molar-refractivity contribution in [2.24, 2.45) is 5.73 Å². The van der Waals surface area contributed by atoms with Crippen molar-refractivity contribution < 1.29 is 4.79 Å². The molecule has 3 nitrogen and oxygen atoms in total. The lowest BCUT2D eigenvalue weighted by Crippen LogP contribution is -2.44. The molecule has 0 radical (unpaired) electrons. The van der Waals surface area contributed by atoms with Gasteiger partial charge in [-0.3, -0.25) is 4.79 Å². The lowest BCUT2D eigenvalue weighted by Gasteiger charge is -2.17. The zero-order valence-electron chi connectivity index (χ0n) is 7.35. The van der Waals surface area contributed by atoms with Crippen LogP contribution in [0.3, 0.4) is 0 Å². The maximum Gasteiger partial charge on any atom is 0.243 e. The molecule has 0 saturated carbocycles. The quantitative estimate of drug-likeness (QED) is 0.582. The summed E-state index contributed by atoms with van der Waals surface area (Å²) in [5, 5.41) is 2.67. The SMILES string of the molecule is C/C=C/C(=O)NCC(C)(C)N. The van der Waals surface area contributed by atoms with Crippen LogP contribution in [0.1, 0.15) is 20.8 Å². The van der Waals surface area contributed by atoms with Gasteiger partial charge in [0.25, 0.3) is 0 Å². The van der Waals surface area contributed by atoms with Crippen LogP contribution in [0.5, 0.6) is 0 Å². The predicted octanol–water partition coefficient (Wildman–Crippen LogP) is 0.416. The summed E-state index contributed by atoms with van der Waals surface area (Å²) in [5.74, 6) is -0.0916. The molecule has 0 rings (SSSR count). The van der Waals surface area contributed by atoms with E-state index in [-0.39, 0.29) is 11.4 Å². The Morgan fingerprint density at radius 2 is 2.18 bits per heavy atom. The summed E-state index contributed by atoms with van der Waals surface area (Å²) in [5.41, 5.74) is 5.31. The van der Waals surface area contributed by atoms with Crippen molar-refractivity contribution in [1.29, 1.82) is 0 Å². The molecule has 11 heavy (non-hydrogen) atoms. The first-order chi connectivity index (χ1) is 4.95. The first-order valence-corrected chi connectivity index (χ1v) is 3.65. The van der Waals surface area contributed by atoms with Crippen molar-refractivity contribution in [1.82, 2.24) is 5.32 Å². The number of hydrogen-bond acceptors (Lipinski definition) is 2. The smallest absolute Gasteiger partial charge is 0.243 e. The Kier molecular flexibility index (Phi) is 3.82. The van der Waals surface area contributed by atoms with Gasteiger partial charge in [-0.15, -0.1) is 0 Å². The van der Waals surface area contributed by atoms with Gasteiger partial charge in [0, 0.05) is 12.1 Å². The Balaban J connectivity index is 3.63. The Labute approximate surface area is 67.7 Å². The van der Waals surface area contributed by atoms with Crippen molar-refractivity contribution in [2.45, 2.75) is 26.3 Å². The third-order valence-electron chi connectivity index (χ3n) is 1.04. The Morgan fingerprint density at radius 3 is 2.55 bits per heavy atom. The third kappa shape index (κ3) is 7.06. The van der Waals surface area contributed by atoms with Crippen molar-refractivity contribution in [2.75, 3.05) is 6.54 Å². The largest absolute Gasteiger partial charge is 0.351 e. The van der Waals surface area contributed by atoms with E-state index in [1.165, 1.54) is 6.08 Å². The monoisotopic (exact) mass is 156 g/mol. The number of hydrogen-bond donors (Lipinski definition) is 2. The summed E-state index contributed by atoms with van der Waals surface area (Å²) < 4.78 is 0. The molecule has 0 aromatic rings. The number of rotatable bonds is 3. The fourth-order valence-corrected chi connectivity index (χ4v) is 0.525. The van der Waals surface area contributed by atoms with Crippen LogP contribution in [0.15, 0.2) is 12.2 Å². The maximum atomic E-state index is 10.8. The van der Waals surface area contributed by atoms with Gasteiger partial charge in [-0.2, -0.15) is 0 Å². The Hall–Kier alpha value is -0.830. The summed E-state index contributed by atoms with van der Waals surface area (Å²) in [7, 11) is 0. The Morgan fingerprint density at radius 1 is 1.64 bits per heavy atom. The van der Waals surface area contributed by atoms with Crippen molar-refractivity contribution in [3.05, 3.63) is 12.2 Å². The number of carbonyl (C=O) groups is 1. The second kappa shape index (κ2) is 4.13. The molecular weight excluding hydrogens is 140 g/mol. The Bertz CT molecular complexity index is 156. The average Bonchev–Trinajstić information content (AvgIpc) is 1.83. The summed E-state index contributed by atoms with van der Waals surface area (Å²) >= 11 is 0.